The van der Waals surface area contributed by atoms with Gasteiger partial charge in [-0.05, 0) is 35.2 Å². The van der Waals surface area contributed by atoms with Crippen LogP contribution in [0, 0.1) is 0 Å². The maximum atomic E-state index is 12.6. The van der Waals surface area contributed by atoms with E-state index in [9.17, 15) is 4.79 Å². The number of ether oxygens (including phenoxy) is 1. The number of hydrogen-bond donors (Lipinski definition) is 1. The van der Waals surface area contributed by atoms with Crippen molar-refractivity contribution in [3.8, 4) is 5.19 Å². The summed E-state index contributed by atoms with van der Waals surface area (Å²) in [6.45, 7) is 7.91. The number of benzene rings is 2. The first-order chi connectivity index (χ1) is 13.9. The highest BCUT2D eigenvalue weighted by Gasteiger charge is 2.25. The fourth-order valence-electron chi connectivity index (χ4n) is 3.48. The summed E-state index contributed by atoms with van der Waals surface area (Å²) in [6, 6.07) is 16.1. The fraction of sp³-hybridized carbons (Fsp3) is 0.391. The molecule has 0 unspecified atom stereocenters. The zero-order chi connectivity index (χ0) is 20.4. The molecule has 0 saturated carbocycles. The van der Waals surface area contributed by atoms with Gasteiger partial charge in [0.15, 0.2) is 0 Å². The summed E-state index contributed by atoms with van der Waals surface area (Å²) >= 11 is 1.58. The SMILES string of the molecule is CC(C)(C)c1ccc(NC(=O)N2CCC(Oc3nc4ccccc4s3)CC2)cc1. The lowest BCUT2D eigenvalue weighted by Gasteiger charge is -2.31. The number of nitrogens with one attached hydrogen (secondary N) is 1. The third kappa shape index (κ3) is 4.70. The zero-order valence-corrected chi connectivity index (χ0v) is 18.0. The second-order valence-electron chi connectivity index (χ2n) is 8.51. The van der Waals surface area contributed by atoms with Gasteiger partial charge < -0.3 is 15.0 Å². The molecule has 1 aliphatic rings. The highest BCUT2D eigenvalue weighted by molar-refractivity contribution is 7.20. The molecule has 6 heteroatoms. The number of aromatic nitrogens is 1. The van der Waals surface area contributed by atoms with Gasteiger partial charge in [0.2, 0.25) is 0 Å². The smallest absolute Gasteiger partial charge is 0.321 e. The molecule has 1 aliphatic heterocycles. The van der Waals surface area contributed by atoms with Crippen molar-refractivity contribution < 1.29 is 9.53 Å². The minimum absolute atomic E-state index is 0.0491. The van der Waals surface area contributed by atoms with Crippen LogP contribution < -0.4 is 10.1 Å². The molecule has 1 saturated heterocycles. The highest BCUT2D eigenvalue weighted by atomic mass is 32.1. The van der Waals surface area contributed by atoms with E-state index in [-0.39, 0.29) is 17.6 Å². The van der Waals surface area contributed by atoms with Crippen LogP contribution in [-0.4, -0.2) is 35.1 Å². The average Bonchev–Trinajstić information content (AvgIpc) is 3.10. The normalized spacial score (nSPS) is 15.5. The molecule has 4 rings (SSSR count). The van der Waals surface area contributed by atoms with Gasteiger partial charge in [-0.1, -0.05) is 56.4 Å². The van der Waals surface area contributed by atoms with Crippen LogP contribution in [-0.2, 0) is 5.41 Å². The highest BCUT2D eigenvalue weighted by Crippen LogP contribution is 2.29. The van der Waals surface area contributed by atoms with Crippen LogP contribution in [0.4, 0.5) is 10.5 Å². The van der Waals surface area contributed by atoms with E-state index in [1.165, 1.54) is 5.56 Å². The Morgan fingerprint density at radius 1 is 1.10 bits per heavy atom. The molecule has 5 nitrogen and oxygen atoms in total. The summed E-state index contributed by atoms with van der Waals surface area (Å²) in [7, 11) is 0. The number of piperidine rings is 1. The quantitative estimate of drug-likeness (QED) is 0.606. The maximum Gasteiger partial charge on any atom is 0.321 e. The number of nitrogens with zero attached hydrogens (tertiary/aromatic N) is 2. The Bertz CT molecular complexity index is 950. The predicted molar refractivity (Wildman–Crippen MR) is 119 cm³/mol. The molecule has 0 atom stereocenters. The van der Waals surface area contributed by atoms with Gasteiger partial charge in [0.1, 0.15) is 6.10 Å². The summed E-state index contributed by atoms with van der Waals surface area (Å²) in [4.78, 5) is 19.0. The minimum Gasteiger partial charge on any atom is -0.467 e. The van der Waals surface area contributed by atoms with Crippen LogP contribution in [0.2, 0.25) is 0 Å². The lowest BCUT2D eigenvalue weighted by atomic mass is 9.87. The van der Waals surface area contributed by atoms with Crippen LogP contribution in [0.3, 0.4) is 0 Å². The molecule has 1 fully saturated rings. The number of urea groups is 1. The number of anilines is 1. The number of carbonyl (C=O) groups is 1. The Morgan fingerprint density at radius 3 is 2.45 bits per heavy atom. The third-order valence-corrected chi connectivity index (χ3v) is 6.20. The van der Waals surface area contributed by atoms with Crippen molar-refractivity contribution >= 4 is 33.3 Å². The van der Waals surface area contributed by atoms with E-state index in [0.29, 0.717) is 18.3 Å². The Hall–Kier alpha value is -2.60. The first-order valence-corrected chi connectivity index (χ1v) is 10.9. The van der Waals surface area contributed by atoms with Crippen LogP contribution in [0.15, 0.2) is 48.5 Å². The third-order valence-electron chi connectivity index (χ3n) is 5.27. The Morgan fingerprint density at radius 2 is 1.79 bits per heavy atom. The van der Waals surface area contributed by atoms with Gasteiger partial charge in [-0.15, -0.1) is 0 Å². The summed E-state index contributed by atoms with van der Waals surface area (Å²) in [6.07, 6.45) is 1.73. The van der Waals surface area contributed by atoms with Crippen LogP contribution in [0.25, 0.3) is 10.2 Å². The summed E-state index contributed by atoms with van der Waals surface area (Å²) in [5.74, 6) is 0. The molecular formula is C23H27N3O2S. The van der Waals surface area contributed by atoms with Crippen molar-refractivity contribution in [1.82, 2.24) is 9.88 Å². The predicted octanol–water partition coefficient (Wildman–Crippen LogP) is 5.67. The number of carbonyl (C=O) groups excluding carboxylic acids is 1. The first kappa shape index (κ1) is 19.7. The van der Waals surface area contributed by atoms with Crippen LogP contribution in [0.5, 0.6) is 5.19 Å². The lowest BCUT2D eigenvalue weighted by Crippen LogP contribution is -2.43. The second-order valence-corrected chi connectivity index (χ2v) is 9.50. The van der Waals surface area contributed by atoms with E-state index < -0.39 is 0 Å². The number of amides is 2. The topological polar surface area (TPSA) is 54.5 Å². The molecule has 2 aromatic carbocycles. The molecular weight excluding hydrogens is 382 g/mol. The standard InChI is InChI=1S/C23H27N3O2S/c1-23(2,3)16-8-10-17(11-9-16)24-21(27)26-14-12-18(13-15-26)28-22-25-19-6-4-5-7-20(19)29-22/h4-11,18H,12-15H2,1-3H3,(H,24,27). The van der Waals surface area contributed by atoms with Crippen molar-refractivity contribution in [2.75, 3.05) is 18.4 Å². The molecule has 0 aliphatic carbocycles. The van der Waals surface area contributed by atoms with E-state index in [2.05, 4.69) is 49.3 Å². The number of rotatable bonds is 3. The molecule has 0 radical (unpaired) electrons. The summed E-state index contributed by atoms with van der Waals surface area (Å²) in [5.41, 5.74) is 3.16. The monoisotopic (exact) mass is 409 g/mol. The van der Waals surface area contributed by atoms with Crippen molar-refractivity contribution in [2.45, 2.75) is 45.1 Å². The second kappa shape index (κ2) is 8.03. The van der Waals surface area contributed by atoms with E-state index in [4.69, 9.17) is 4.74 Å². The molecule has 3 aromatic rings. The number of para-hydroxylation sites is 1. The van der Waals surface area contributed by atoms with Crippen molar-refractivity contribution in [3.63, 3.8) is 0 Å². The zero-order valence-electron chi connectivity index (χ0n) is 17.1. The van der Waals surface area contributed by atoms with Crippen LogP contribution in [0.1, 0.15) is 39.2 Å². The van der Waals surface area contributed by atoms with Crippen molar-refractivity contribution in [2.24, 2.45) is 0 Å². The van der Waals surface area contributed by atoms with E-state index in [1.54, 1.807) is 11.3 Å². The van der Waals surface area contributed by atoms with Gasteiger partial charge in [-0.25, -0.2) is 9.78 Å². The van der Waals surface area contributed by atoms with E-state index in [1.807, 2.05) is 35.2 Å². The fourth-order valence-corrected chi connectivity index (χ4v) is 4.36. The van der Waals surface area contributed by atoms with E-state index >= 15 is 0 Å². The number of thiazole rings is 1. The van der Waals surface area contributed by atoms with Gasteiger partial charge in [-0.3, -0.25) is 0 Å². The van der Waals surface area contributed by atoms with E-state index in [0.717, 1.165) is 28.7 Å². The molecule has 2 heterocycles. The molecule has 1 N–H and O–H groups in total. The summed E-state index contributed by atoms with van der Waals surface area (Å²) < 4.78 is 7.22. The van der Waals surface area contributed by atoms with Gasteiger partial charge in [0.05, 0.1) is 10.2 Å². The average molecular weight is 410 g/mol. The van der Waals surface area contributed by atoms with Gasteiger partial charge >= 0.3 is 6.03 Å². The Balaban J connectivity index is 1.29. The number of likely N-dealkylation sites (tertiary alicyclic amines) is 1. The molecule has 0 bridgehead atoms. The Labute approximate surface area is 175 Å². The maximum absolute atomic E-state index is 12.6. The molecule has 29 heavy (non-hydrogen) atoms. The largest absolute Gasteiger partial charge is 0.467 e. The van der Waals surface area contributed by atoms with Crippen LogP contribution >= 0.6 is 11.3 Å². The van der Waals surface area contributed by atoms with Crippen molar-refractivity contribution in [1.29, 1.82) is 0 Å². The molecule has 1 aromatic heterocycles. The van der Waals surface area contributed by atoms with Crippen molar-refractivity contribution in [3.05, 3.63) is 54.1 Å². The molecule has 0 spiro atoms. The number of fused-ring (bicyclic) bond motifs is 1. The molecule has 152 valence electrons. The van der Waals surface area contributed by atoms with Gasteiger partial charge in [-0.2, -0.15) is 0 Å². The number of hydrogen-bond acceptors (Lipinski definition) is 4. The van der Waals surface area contributed by atoms with Gasteiger partial charge in [0, 0.05) is 31.6 Å². The Kier molecular flexibility index (Phi) is 5.46. The van der Waals surface area contributed by atoms with Gasteiger partial charge in [0.25, 0.3) is 5.19 Å². The summed E-state index contributed by atoms with van der Waals surface area (Å²) in [5, 5.41) is 3.72. The molecule has 2 amide bonds. The first-order valence-electron chi connectivity index (χ1n) is 10.1. The lowest BCUT2D eigenvalue weighted by molar-refractivity contribution is 0.115. The minimum atomic E-state index is -0.0491.